The van der Waals surface area contributed by atoms with Crippen molar-refractivity contribution < 1.29 is 32.9 Å². The van der Waals surface area contributed by atoms with Crippen LogP contribution in [0.2, 0.25) is 0 Å². The zero-order valence-corrected chi connectivity index (χ0v) is 25.4. The fourth-order valence-electron chi connectivity index (χ4n) is 8.79. The molecule has 0 unspecified atom stereocenters. The maximum Gasteiger partial charge on any atom is 0.319 e. The molecule has 3 saturated carbocycles. The lowest BCUT2D eigenvalue weighted by molar-refractivity contribution is -0.217. The third-order valence-corrected chi connectivity index (χ3v) is 10.9. The summed E-state index contributed by atoms with van der Waals surface area (Å²) < 4.78 is 52.2. The summed E-state index contributed by atoms with van der Waals surface area (Å²) in [5.74, 6) is -1.82. The molecule has 2 saturated heterocycles. The molecular formula is C34H34F3N5O4. The van der Waals surface area contributed by atoms with Crippen molar-refractivity contribution in [1.29, 1.82) is 0 Å². The quantitative estimate of drug-likeness (QED) is 0.203. The predicted molar refractivity (Wildman–Crippen MR) is 165 cm³/mol. The number of carboxylic acid groups (broad SMARTS) is 1. The molecule has 3 aliphatic carbocycles. The van der Waals surface area contributed by atoms with E-state index in [1.54, 1.807) is 6.92 Å². The number of anilines is 1. The Hall–Kier alpha value is -4.19. The van der Waals surface area contributed by atoms with Crippen molar-refractivity contribution in [2.45, 2.75) is 63.6 Å². The molecule has 0 amide bonds. The first-order valence-electron chi connectivity index (χ1n) is 15.8. The molecule has 5 aliphatic rings. The van der Waals surface area contributed by atoms with Crippen molar-refractivity contribution in [2.75, 3.05) is 31.6 Å². The minimum absolute atomic E-state index is 0.0707. The van der Waals surface area contributed by atoms with E-state index >= 15 is 4.39 Å². The van der Waals surface area contributed by atoms with Crippen LogP contribution in [0.15, 0.2) is 30.5 Å². The first-order chi connectivity index (χ1) is 22.0. The molecule has 4 aromatic rings. The summed E-state index contributed by atoms with van der Waals surface area (Å²) in [7, 11) is 0. The number of carboxylic acids is 1. The highest BCUT2D eigenvalue weighted by Crippen LogP contribution is 2.73. The second kappa shape index (κ2) is 10.2. The minimum Gasteiger partial charge on any atom is -0.508 e. The maximum atomic E-state index is 16.7. The monoisotopic (exact) mass is 633 g/mol. The molecule has 2 aromatic heterocycles. The summed E-state index contributed by atoms with van der Waals surface area (Å²) in [5.41, 5.74) is -0.853. The van der Waals surface area contributed by atoms with E-state index < -0.39 is 34.7 Å². The number of ether oxygens (including phenoxy) is 1. The van der Waals surface area contributed by atoms with Gasteiger partial charge in [0.15, 0.2) is 5.82 Å². The molecule has 2 bridgehead atoms. The zero-order chi connectivity index (χ0) is 32.0. The third-order valence-electron chi connectivity index (χ3n) is 10.9. The largest absolute Gasteiger partial charge is 0.508 e. The Morgan fingerprint density at radius 3 is 2.76 bits per heavy atom. The first-order valence-corrected chi connectivity index (χ1v) is 15.8. The Bertz CT molecular complexity index is 1920. The van der Waals surface area contributed by atoms with Gasteiger partial charge < -0.3 is 20.3 Å². The molecule has 5 fully saturated rings. The third kappa shape index (κ3) is 4.32. The number of hydrogen-bond donors (Lipinski definition) is 3. The molecule has 3 N–H and O–H groups in total. The van der Waals surface area contributed by atoms with Crippen LogP contribution in [0.3, 0.4) is 0 Å². The number of rotatable bonds is 9. The highest BCUT2D eigenvalue weighted by molar-refractivity contribution is 6.01. The molecule has 0 spiro atoms. The van der Waals surface area contributed by atoms with Crippen LogP contribution < -0.4 is 10.1 Å². The molecule has 12 heteroatoms. The van der Waals surface area contributed by atoms with Gasteiger partial charge in [0.05, 0.1) is 16.3 Å². The molecule has 9 nitrogen and oxygen atoms in total. The average Bonchev–Trinajstić information content (AvgIpc) is 3.50. The Labute approximate surface area is 262 Å². The van der Waals surface area contributed by atoms with E-state index in [0.717, 1.165) is 19.4 Å². The van der Waals surface area contributed by atoms with Gasteiger partial charge in [-0.15, -0.1) is 0 Å². The van der Waals surface area contributed by atoms with Gasteiger partial charge in [-0.3, -0.25) is 14.7 Å². The lowest BCUT2D eigenvalue weighted by Gasteiger charge is -2.68. The van der Waals surface area contributed by atoms with Crippen molar-refractivity contribution in [3.8, 4) is 23.0 Å². The summed E-state index contributed by atoms with van der Waals surface area (Å²) in [5, 5.41) is 24.7. The number of pyridine rings is 1. The van der Waals surface area contributed by atoms with Gasteiger partial charge in [-0.2, -0.15) is 9.97 Å². The highest BCUT2D eigenvalue weighted by Gasteiger charge is 2.71. The number of aromatic hydroxyl groups is 1. The van der Waals surface area contributed by atoms with Crippen molar-refractivity contribution >= 4 is 33.5 Å². The van der Waals surface area contributed by atoms with Gasteiger partial charge in [0, 0.05) is 31.3 Å². The number of nitrogens with zero attached hydrogens (tertiary/aromatic N) is 4. The zero-order valence-electron chi connectivity index (χ0n) is 25.4. The van der Waals surface area contributed by atoms with Gasteiger partial charge in [0.1, 0.15) is 41.4 Å². The van der Waals surface area contributed by atoms with Gasteiger partial charge in [-0.25, -0.2) is 13.2 Å². The molecule has 2 aromatic carbocycles. The summed E-state index contributed by atoms with van der Waals surface area (Å²) in [6.45, 7) is 3.54. The van der Waals surface area contributed by atoms with Crippen molar-refractivity contribution in [2.24, 2.45) is 10.8 Å². The topological polar surface area (TPSA) is 121 Å². The van der Waals surface area contributed by atoms with Crippen molar-refractivity contribution in [1.82, 2.24) is 19.9 Å². The number of aliphatic carboxylic acids is 1. The number of fused-ring (bicyclic) bond motifs is 3. The summed E-state index contributed by atoms with van der Waals surface area (Å²) in [6.07, 6.45) is 4.60. The van der Waals surface area contributed by atoms with Crippen molar-refractivity contribution in [3.63, 3.8) is 0 Å². The average molecular weight is 634 g/mol. The molecule has 240 valence electrons. The Morgan fingerprint density at radius 2 is 2.00 bits per heavy atom. The molecule has 9 rings (SSSR count). The lowest BCUT2D eigenvalue weighted by atomic mass is 9.35. The second-order valence-electron chi connectivity index (χ2n) is 13.8. The van der Waals surface area contributed by atoms with Crippen LogP contribution in [0, 0.1) is 22.5 Å². The fourth-order valence-corrected chi connectivity index (χ4v) is 8.79. The van der Waals surface area contributed by atoms with Crippen LogP contribution in [0.1, 0.15) is 51.0 Å². The van der Waals surface area contributed by atoms with Gasteiger partial charge in [0.25, 0.3) is 0 Å². The van der Waals surface area contributed by atoms with Gasteiger partial charge in [0.2, 0.25) is 0 Å². The number of benzene rings is 2. The minimum atomic E-state index is -0.943. The number of phenolic OH excluding ortho intramolecular Hbond substituents is 1. The van der Waals surface area contributed by atoms with E-state index in [4.69, 9.17) is 4.74 Å². The summed E-state index contributed by atoms with van der Waals surface area (Å²) in [6, 6.07) is 5.67. The van der Waals surface area contributed by atoms with Gasteiger partial charge in [-0.1, -0.05) is 13.0 Å². The van der Waals surface area contributed by atoms with E-state index in [1.807, 2.05) is 0 Å². The van der Waals surface area contributed by atoms with E-state index in [-0.39, 0.29) is 40.6 Å². The van der Waals surface area contributed by atoms with E-state index in [9.17, 15) is 23.8 Å². The maximum absolute atomic E-state index is 16.7. The van der Waals surface area contributed by atoms with Gasteiger partial charge >= 0.3 is 12.0 Å². The number of halogens is 3. The number of hydrogen-bond acceptors (Lipinski definition) is 8. The van der Waals surface area contributed by atoms with Crippen LogP contribution in [0.25, 0.3) is 32.9 Å². The lowest BCUT2D eigenvalue weighted by Crippen LogP contribution is -2.67. The van der Waals surface area contributed by atoms with Crippen molar-refractivity contribution in [3.05, 3.63) is 47.7 Å². The van der Waals surface area contributed by atoms with Crippen LogP contribution in [-0.2, 0) is 11.2 Å². The second-order valence-corrected chi connectivity index (χ2v) is 13.8. The van der Waals surface area contributed by atoms with Crippen LogP contribution in [-0.4, -0.2) is 74.0 Å². The van der Waals surface area contributed by atoms with Crippen LogP contribution in [0.5, 0.6) is 11.8 Å². The summed E-state index contributed by atoms with van der Waals surface area (Å²) >= 11 is 0. The Kier molecular flexibility index (Phi) is 6.45. The number of aryl methyl sites for hydroxylation is 1. The molecule has 4 heterocycles. The number of aromatic nitrogens is 3. The normalized spacial score (nSPS) is 28.2. The smallest absolute Gasteiger partial charge is 0.319 e. The SMILES string of the molecule is CCc1c(F)ccc2cc(O)cc(-c3ncc4c(NCC56CC(C(=O)O)(C5)C6)nc(OC[C@@]56CCCN5C[C@H](F)C6)nc4c3F)c12. The first kappa shape index (κ1) is 29.2. The molecule has 2 atom stereocenters. The Morgan fingerprint density at radius 1 is 1.20 bits per heavy atom. The fraction of sp³-hybridized carbons (Fsp3) is 0.471. The van der Waals surface area contributed by atoms with E-state index in [2.05, 4.69) is 25.2 Å². The molecule has 2 aliphatic heterocycles. The summed E-state index contributed by atoms with van der Waals surface area (Å²) in [4.78, 5) is 27.3. The molecular weight excluding hydrogens is 599 g/mol. The van der Waals surface area contributed by atoms with Gasteiger partial charge in [-0.05, 0) is 85.0 Å². The van der Waals surface area contributed by atoms with E-state index in [0.29, 0.717) is 72.7 Å². The predicted octanol–water partition coefficient (Wildman–Crippen LogP) is 6.01. The number of alkyl halides is 1. The number of phenols is 1. The molecule has 0 radical (unpaired) electrons. The van der Waals surface area contributed by atoms with Crippen LogP contribution >= 0.6 is 0 Å². The van der Waals surface area contributed by atoms with Crippen LogP contribution in [0.4, 0.5) is 19.0 Å². The highest BCUT2D eigenvalue weighted by atomic mass is 19.1. The van der Waals surface area contributed by atoms with E-state index in [1.165, 1.54) is 30.5 Å². The Balaban J connectivity index is 1.20. The number of nitrogens with one attached hydrogen (secondary N) is 1. The number of carbonyl (C=O) groups is 1. The molecule has 46 heavy (non-hydrogen) atoms. The standard InChI is InChI=1S/C34H34F3N5O4/c1-2-21-24(36)5-4-18-8-20(43)9-22(25(18)21)27-26(37)28-23(11-38-27)29(39-16-32-13-33(14-32,15-32)30(44)45)41-31(40-28)46-17-34-6-3-7-42(34)12-19(35)10-34/h4-5,8-9,11,19,43H,2-3,6-7,10,12-17H2,1H3,(H,44,45)(H,39,40,41)/t19-,32?,33?,34+/m1/s1.